The Balaban J connectivity index is 1.86. The number of hydrogen-bond donors (Lipinski definition) is 1. The Morgan fingerprint density at radius 1 is 0.944 bits per heavy atom. The first-order chi connectivity index (χ1) is 8.77. The molecule has 2 aromatic rings. The molecule has 0 saturated heterocycles. The summed E-state index contributed by atoms with van der Waals surface area (Å²) in [6.07, 6.45) is 0. The lowest BCUT2D eigenvalue weighted by Gasteiger charge is -2.21. The number of likely N-dealkylation sites (N-methyl/N-ethyl adjacent to an activating group) is 1. The van der Waals surface area contributed by atoms with E-state index in [9.17, 15) is 0 Å². The lowest BCUT2D eigenvalue weighted by molar-refractivity contribution is 0.910. The van der Waals surface area contributed by atoms with Gasteiger partial charge in [0.1, 0.15) is 0 Å². The van der Waals surface area contributed by atoms with Crippen molar-refractivity contribution < 1.29 is 0 Å². The van der Waals surface area contributed by atoms with Gasteiger partial charge >= 0.3 is 0 Å². The van der Waals surface area contributed by atoms with E-state index in [0.717, 1.165) is 13.1 Å². The highest BCUT2D eigenvalue weighted by atomic mass is 15.1. The van der Waals surface area contributed by atoms with Crippen LogP contribution < -0.4 is 10.2 Å². The van der Waals surface area contributed by atoms with Crippen molar-refractivity contribution in [2.24, 2.45) is 0 Å². The Bertz CT molecular complexity index is 479. The highest BCUT2D eigenvalue weighted by Crippen LogP contribution is 2.17. The molecule has 0 radical (unpaired) electrons. The molecule has 1 N–H and O–H groups in total. The Kier molecular flexibility index (Phi) is 4.24. The molecule has 2 aromatic carbocycles. The topological polar surface area (TPSA) is 15.3 Å². The standard InChI is InChI=1S/C16H20N2/c1-14-8-6-7-11-16(14)18(2)13-12-17-15-9-4-3-5-10-15/h3-11,17H,12-13H2,1-2H3. The molecule has 0 amide bonds. The number of nitrogens with one attached hydrogen (secondary N) is 1. The quantitative estimate of drug-likeness (QED) is 0.860. The summed E-state index contributed by atoms with van der Waals surface area (Å²) in [4.78, 5) is 2.28. The number of nitrogens with zero attached hydrogens (tertiary/aromatic N) is 1. The number of anilines is 2. The van der Waals surface area contributed by atoms with Crippen molar-refractivity contribution in [2.45, 2.75) is 6.92 Å². The van der Waals surface area contributed by atoms with Crippen LogP contribution in [0, 0.1) is 6.92 Å². The van der Waals surface area contributed by atoms with E-state index in [-0.39, 0.29) is 0 Å². The van der Waals surface area contributed by atoms with Crippen LogP contribution in [0.15, 0.2) is 54.6 Å². The Morgan fingerprint density at radius 2 is 1.61 bits per heavy atom. The summed E-state index contributed by atoms with van der Waals surface area (Å²) in [5.41, 5.74) is 3.79. The van der Waals surface area contributed by atoms with Gasteiger partial charge in [0.05, 0.1) is 0 Å². The van der Waals surface area contributed by atoms with Gasteiger partial charge in [0, 0.05) is 31.5 Å². The first kappa shape index (κ1) is 12.5. The van der Waals surface area contributed by atoms with Crippen LogP contribution in [0.2, 0.25) is 0 Å². The maximum absolute atomic E-state index is 3.42. The average molecular weight is 240 g/mol. The summed E-state index contributed by atoms with van der Waals surface area (Å²) in [6, 6.07) is 18.8. The zero-order valence-electron chi connectivity index (χ0n) is 11.1. The second kappa shape index (κ2) is 6.10. The molecular weight excluding hydrogens is 220 g/mol. The lowest BCUT2D eigenvalue weighted by atomic mass is 10.2. The molecule has 0 bridgehead atoms. The number of hydrogen-bond acceptors (Lipinski definition) is 2. The Morgan fingerprint density at radius 3 is 2.33 bits per heavy atom. The van der Waals surface area contributed by atoms with Crippen molar-refractivity contribution >= 4 is 11.4 Å². The molecule has 2 heteroatoms. The predicted octanol–water partition coefficient (Wildman–Crippen LogP) is 3.54. The molecule has 2 nitrogen and oxygen atoms in total. The second-order valence-corrected chi connectivity index (χ2v) is 4.50. The minimum Gasteiger partial charge on any atom is -0.383 e. The Hall–Kier alpha value is -1.96. The van der Waals surface area contributed by atoms with Crippen LogP contribution >= 0.6 is 0 Å². The first-order valence-electron chi connectivity index (χ1n) is 6.33. The van der Waals surface area contributed by atoms with Gasteiger partial charge in [0.2, 0.25) is 0 Å². The average Bonchev–Trinajstić information content (AvgIpc) is 2.40. The second-order valence-electron chi connectivity index (χ2n) is 4.50. The van der Waals surface area contributed by atoms with Crippen LogP contribution in [0.1, 0.15) is 5.56 Å². The minimum atomic E-state index is 0.939. The zero-order chi connectivity index (χ0) is 12.8. The van der Waals surface area contributed by atoms with Crippen molar-refractivity contribution in [3.8, 4) is 0 Å². The van der Waals surface area contributed by atoms with Crippen molar-refractivity contribution in [3.05, 3.63) is 60.2 Å². The minimum absolute atomic E-state index is 0.939. The van der Waals surface area contributed by atoms with E-state index in [4.69, 9.17) is 0 Å². The molecule has 0 fully saturated rings. The van der Waals surface area contributed by atoms with Gasteiger partial charge in [-0.1, -0.05) is 36.4 Å². The van der Waals surface area contributed by atoms with E-state index < -0.39 is 0 Å². The maximum atomic E-state index is 3.42. The highest BCUT2D eigenvalue weighted by Gasteiger charge is 2.02. The third kappa shape index (κ3) is 3.27. The molecule has 0 saturated carbocycles. The van der Waals surface area contributed by atoms with Crippen LogP contribution in [0.5, 0.6) is 0 Å². The smallest absolute Gasteiger partial charge is 0.0393 e. The fourth-order valence-electron chi connectivity index (χ4n) is 2.04. The summed E-state index contributed by atoms with van der Waals surface area (Å²) in [5, 5.41) is 3.42. The van der Waals surface area contributed by atoms with Gasteiger partial charge in [-0.2, -0.15) is 0 Å². The Labute approximate surface area is 109 Å². The summed E-state index contributed by atoms with van der Waals surface area (Å²) in [5.74, 6) is 0. The molecule has 0 atom stereocenters. The molecule has 0 unspecified atom stereocenters. The monoisotopic (exact) mass is 240 g/mol. The number of para-hydroxylation sites is 2. The van der Waals surface area contributed by atoms with Crippen LogP contribution in [-0.4, -0.2) is 20.1 Å². The van der Waals surface area contributed by atoms with Gasteiger partial charge in [-0.15, -0.1) is 0 Å². The maximum Gasteiger partial charge on any atom is 0.0393 e. The van der Waals surface area contributed by atoms with Crippen LogP contribution in [-0.2, 0) is 0 Å². The summed E-state index contributed by atoms with van der Waals surface area (Å²) >= 11 is 0. The van der Waals surface area contributed by atoms with E-state index in [0.29, 0.717) is 0 Å². The van der Waals surface area contributed by atoms with Crippen LogP contribution in [0.3, 0.4) is 0 Å². The molecule has 0 spiro atoms. The van der Waals surface area contributed by atoms with Crippen LogP contribution in [0.4, 0.5) is 11.4 Å². The summed E-state index contributed by atoms with van der Waals surface area (Å²) in [7, 11) is 2.13. The largest absolute Gasteiger partial charge is 0.383 e. The number of aryl methyl sites for hydroxylation is 1. The van der Waals surface area contributed by atoms with E-state index in [2.05, 4.69) is 60.6 Å². The van der Waals surface area contributed by atoms with E-state index >= 15 is 0 Å². The molecule has 0 aromatic heterocycles. The molecule has 0 aliphatic rings. The van der Waals surface area contributed by atoms with Gasteiger partial charge in [0.15, 0.2) is 0 Å². The van der Waals surface area contributed by atoms with Gasteiger partial charge in [-0.3, -0.25) is 0 Å². The van der Waals surface area contributed by atoms with Gasteiger partial charge < -0.3 is 10.2 Å². The van der Waals surface area contributed by atoms with Crippen molar-refractivity contribution in [2.75, 3.05) is 30.4 Å². The number of benzene rings is 2. The van der Waals surface area contributed by atoms with E-state index in [1.54, 1.807) is 0 Å². The third-order valence-electron chi connectivity index (χ3n) is 3.08. The summed E-state index contributed by atoms with van der Waals surface area (Å²) < 4.78 is 0. The van der Waals surface area contributed by atoms with Gasteiger partial charge in [-0.25, -0.2) is 0 Å². The van der Waals surface area contributed by atoms with Gasteiger partial charge in [0.25, 0.3) is 0 Å². The first-order valence-corrected chi connectivity index (χ1v) is 6.33. The molecule has 0 aliphatic carbocycles. The molecule has 0 heterocycles. The highest BCUT2D eigenvalue weighted by molar-refractivity contribution is 5.52. The van der Waals surface area contributed by atoms with E-state index in [1.807, 2.05) is 18.2 Å². The molecule has 2 rings (SSSR count). The molecule has 0 aliphatic heterocycles. The fourth-order valence-corrected chi connectivity index (χ4v) is 2.04. The number of rotatable bonds is 5. The van der Waals surface area contributed by atoms with Crippen molar-refractivity contribution in [3.63, 3.8) is 0 Å². The van der Waals surface area contributed by atoms with Crippen molar-refractivity contribution in [1.82, 2.24) is 0 Å². The van der Waals surface area contributed by atoms with Crippen molar-refractivity contribution in [1.29, 1.82) is 0 Å². The molecular formula is C16H20N2. The van der Waals surface area contributed by atoms with Gasteiger partial charge in [-0.05, 0) is 30.7 Å². The zero-order valence-corrected chi connectivity index (χ0v) is 11.1. The van der Waals surface area contributed by atoms with E-state index in [1.165, 1.54) is 16.9 Å². The van der Waals surface area contributed by atoms with Crippen LogP contribution in [0.25, 0.3) is 0 Å². The summed E-state index contributed by atoms with van der Waals surface area (Å²) in [6.45, 7) is 4.07. The fraction of sp³-hybridized carbons (Fsp3) is 0.250. The normalized spacial score (nSPS) is 10.1. The SMILES string of the molecule is Cc1ccccc1N(C)CCNc1ccccc1. The predicted molar refractivity (Wildman–Crippen MR) is 79.4 cm³/mol. The molecule has 94 valence electrons. The lowest BCUT2D eigenvalue weighted by Crippen LogP contribution is -2.25. The third-order valence-corrected chi connectivity index (χ3v) is 3.08. The molecule has 18 heavy (non-hydrogen) atoms.